The second kappa shape index (κ2) is 8.73. The van der Waals surface area contributed by atoms with Gasteiger partial charge >= 0.3 is 0 Å². The number of nitrogens with one attached hydrogen (secondary N) is 4. The van der Waals surface area contributed by atoms with Gasteiger partial charge in [0.2, 0.25) is 5.91 Å². The molecule has 1 spiro atoms. The Labute approximate surface area is 197 Å². The molecule has 0 radical (unpaired) electrons. The van der Waals surface area contributed by atoms with Crippen LogP contribution in [0.2, 0.25) is 0 Å². The fourth-order valence-corrected chi connectivity index (χ4v) is 5.91. The van der Waals surface area contributed by atoms with Gasteiger partial charge in [-0.25, -0.2) is 17.2 Å². The number of benzene rings is 2. The Morgan fingerprint density at radius 3 is 2.52 bits per heavy atom. The summed E-state index contributed by atoms with van der Waals surface area (Å²) >= 11 is 0. The highest BCUT2D eigenvalue weighted by Crippen LogP contribution is 2.54. The van der Waals surface area contributed by atoms with Crippen LogP contribution in [0.25, 0.3) is 0 Å². The summed E-state index contributed by atoms with van der Waals surface area (Å²) in [4.78, 5) is 12.2. The number of halogens is 3. The Morgan fingerprint density at radius 2 is 1.88 bits per heavy atom. The normalized spacial score (nSPS) is 20.9. The standard InChI is InChI=1S/C22H24F2N4O3S.ClH/c23-13-4-5-19(17(24)9-13)32(30,31)28-15-10-16-20(27-21(29)22(16)6-2-7-22)18(11-15)26-14-3-1-8-25-12-14;/h4-5,9-11,14,25-26,28H,1-3,6-8,12H2,(H,27,29);1H. The Hall–Kier alpha value is -2.43. The SMILES string of the molecule is Cl.O=C1Nc2c(NC3CCCNC3)cc(NS(=O)(=O)c3ccc(F)cc3F)cc2C12CCC2. The van der Waals surface area contributed by atoms with E-state index in [4.69, 9.17) is 0 Å². The van der Waals surface area contributed by atoms with Crippen LogP contribution in [-0.2, 0) is 20.2 Å². The molecule has 2 fully saturated rings. The number of fused-ring (bicyclic) bond motifs is 2. The van der Waals surface area contributed by atoms with Crippen molar-refractivity contribution in [2.24, 2.45) is 0 Å². The molecule has 1 amide bonds. The predicted molar refractivity (Wildman–Crippen MR) is 125 cm³/mol. The van der Waals surface area contributed by atoms with Crippen LogP contribution in [-0.4, -0.2) is 33.5 Å². The van der Waals surface area contributed by atoms with E-state index in [0.29, 0.717) is 30.3 Å². The summed E-state index contributed by atoms with van der Waals surface area (Å²) in [7, 11) is -4.30. The van der Waals surface area contributed by atoms with Crippen LogP contribution < -0.4 is 20.7 Å². The summed E-state index contributed by atoms with van der Waals surface area (Å²) < 4.78 is 55.5. The minimum absolute atomic E-state index is 0. The van der Waals surface area contributed by atoms with Crippen molar-refractivity contribution in [1.82, 2.24) is 5.32 Å². The van der Waals surface area contributed by atoms with Crippen molar-refractivity contribution >= 4 is 45.4 Å². The number of rotatable bonds is 5. The van der Waals surface area contributed by atoms with Gasteiger partial charge in [0, 0.05) is 18.7 Å². The molecule has 0 bridgehead atoms. The molecule has 178 valence electrons. The van der Waals surface area contributed by atoms with Gasteiger partial charge in [0.15, 0.2) is 0 Å². The minimum atomic E-state index is -4.30. The first-order valence-corrected chi connectivity index (χ1v) is 12.2. The van der Waals surface area contributed by atoms with Crippen LogP contribution in [0.15, 0.2) is 35.2 Å². The first kappa shape index (κ1) is 23.7. The molecule has 2 aliphatic heterocycles. The highest BCUT2D eigenvalue weighted by atomic mass is 35.5. The monoisotopic (exact) mass is 498 g/mol. The topological polar surface area (TPSA) is 99.3 Å². The minimum Gasteiger partial charge on any atom is -0.379 e. The lowest BCUT2D eigenvalue weighted by molar-refractivity contribution is -0.123. The molecular formula is C22H25ClF2N4O3S. The number of amides is 1. The van der Waals surface area contributed by atoms with E-state index in [1.54, 1.807) is 12.1 Å². The van der Waals surface area contributed by atoms with Crippen molar-refractivity contribution in [2.45, 2.75) is 48.5 Å². The third kappa shape index (κ3) is 4.15. The smallest absolute Gasteiger partial charge is 0.264 e. The molecule has 0 aromatic heterocycles. The highest BCUT2D eigenvalue weighted by molar-refractivity contribution is 7.92. The van der Waals surface area contributed by atoms with E-state index in [9.17, 15) is 22.0 Å². The summed E-state index contributed by atoms with van der Waals surface area (Å²) in [6, 6.07) is 5.72. The maximum absolute atomic E-state index is 14.2. The number of piperidine rings is 1. The molecule has 33 heavy (non-hydrogen) atoms. The number of anilines is 3. The molecule has 2 aromatic rings. The van der Waals surface area contributed by atoms with Crippen LogP contribution >= 0.6 is 12.4 Å². The van der Waals surface area contributed by atoms with Gasteiger partial charge in [0.1, 0.15) is 16.5 Å². The molecule has 2 aromatic carbocycles. The van der Waals surface area contributed by atoms with Crippen LogP contribution in [0.3, 0.4) is 0 Å². The van der Waals surface area contributed by atoms with Gasteiger partial charge in [-0.05, 0) is 62.1 Å². The van der Waals surface area contributed by atoms with Crippen LogP contribution in [0.1, 0.15) is 37.7 Å². The average molecular weight is 499 g/mol. The van der Waals surface area contributed by atoms with Gasteiger partial charge in [-0.1, -0.05) is 6.42 Å². The lowest BCUT2D eigenvalue weighted by atomic mass is 9.65. The molecule has 7 nitrogen and oxygen atoms in total. The predicted octanol–water partition coefficient (Wildman–Crippen LogP) is 3.73. The molecule has 1 saturated heterocycles. The molecule has 1 atom stereocenters. The van der Waals surface area contributed by atoms with Gasteiger partial charge in [-0.3, -0.25) is 9.52 Å². The summed E-state index contributed by atoms with van der Waals surface area (Å²) in [5.74, 6) is -2.10. The van der Waals surface area contributed by atoms with Gasteiger partial charge in [-0.2, -0.15) is 0 Å². The van der Waals surface area contributed by atoms with E-state index < -0.39 is 32.0 Å². The average Bonchev–Trinajstić information content (AvgIpc) is 3.00. The van der Waals surface area contributed by atoms with Crippen LogP contribution in [0, 0.1) is 11.6 Å². The van der Waals surface area contributed by atoms with Crippen molar-refractivity contribution in [2.75, 3.05) is 28.4 Å². The number of carbonyl (C=O) groups is 1. The molecule has 1 unspecified atom stereocenters. The Balaban J connectivity index is 0.00000259. The highest BCUT2D eigenvalue weighted by Gasteiger charge is 2.52. The fourth-order valence-electron chi connectivity index (χ4n) is 4.81. The number of hydrogen-bond acceptors (Lipinski definition) is 5. The first-order chi connectivity index (χ1) is 15.3. The van der Waals surface area contributed by atoms with Gasteiger partial charge in [0.05, 0.1) is 22.5 Å². The van der Waals surface area contributed by atoms with Crippen molar-refractivity contribution in [3.05, 3.63) is 47.5 Å². The lowest BCUT2D eigenvalue weighted by Crippen LogP contribution is -2.40. The third-order valence-corrected chi connectivity index (χ3v) is 8.04. The molecule has 11 heteroatoms. The molecule has 1 aliphatic carbocycles. The zero-order valence-corrected chi connectivity index (χ0v) is 19.3. The van der Waals surface area contributed by atoms with Crippen LogP contribution in [0.4, 0.5) is 25.8 Å². The number of sulfonamides is 1. The van der Waals surface area contributed by atoms with Gasteiger partial charge in [-0.15, -0.1) is 12.4 Å². The maximum Gasteiger partial charge on any atom is 0.264 e. The van der Waals surface area contributed by atoms with E-state index in [1.807, 2.05) is 0 Å². The molecular weight excluding hydrogens is 474 g/mol. The van der Waals surface area contributed by atoms with Gasteiger partial charge in [0.25, 0.3) is 10.0 Å². The third-order valence-electron chi connectivity index (χ3n) is 6.63. The summed E-state index contributed by atoms with van der Waals surface area (Å²) in [6.07, 6.45) is 4.25. The van der Waals surface area contributed by atoms with Crippen molar-refractivity contribution in [1.29, 1.82) is 0 Å². The van der Waals surface area contributed by atoms with E-state index in [-0.39, 0.29) is 30.0 Å². The molecule has 1 saturated carbocycles. The van der Waals surface area contributed by atoms with E-state index in [2.05, 4.69) is 20.7 Å². The zero-order valence-electron chi connectivity index (χ0n) is 17.7. The molecule has 4 N–H and O–H groups in total. The summed E-state index contributed by atoms with van der Waals surface area (Å²) in [5.41, 5.74) is 1.63. The second-order valence-electron chi connectivity index (χ2n) is 8.70. The molecule has 3 aliphatic rings. The summed E-state index contributed by atoms with van der Waals surface area (Å²) in [6.45, 7) is 1.70. The quantitative estimate of drug-likeness (QED) is 0.503. The van der Waals surface area contributed by atoms with Crippen LogP contribution in [0.5, 0.6) is 0 Å². The largest absolute Gasteiger partial charge is 0.379 e. The maximum atomic E-state index is 14.2. The number of carbonyl (C=O) groups excluding carboxylic acids is 1. The lowest BCUT2D eigenvalue weighted by Gasteiger charge is -2.36. The Morgan fingerprint density at radius 1 is 1.09 bits per heavy atom. The molecule has 5 rings (SSSR count). The number of hydrogen-bond donors (Lipinski definition) is 4. The van der Waals surface area contributed by atoms with Crippen molar-refractivity contribution in [3.63, 3.8) is 0 Å². The van der Waals surface area contributed by atoms with E-state index >= 15 is 0 Å². The molecule has 2 heterocycles. The van der Waals surface area contributed by atoms with Crippen molar-refractivity contribution < 1.29 is 22.0 Å². The van der Waals surface area contributed by atoms with E-state index in [0.717, 1.165) is 50.0 Å². The summed E-state index contributed by atoms with van der Waals surface area (Å²) in [5, 5.41) is 9.74. The van der Waals surface area contributed by atoms with Crippen molar-refractivity contribution in [3.8, 4) is 0 Å². The Bertz CT molecular complexity index is 1200. The zero-order chi connectivity index (χ0) is 22.5. The van der Waals surface area contributed by atoms with Gasteiger partial charge < -0.3 is 16.0 Å². The fraction of sp³-hybridized carbons (Fsp3) is 0.409. The first-order valence-electron chi connectivity index (χ1n) is 10.7. The van der Waals surface area contributed by atoms with E-state index in [1.165, 1.54) is 0 Å². The Kier molecular flexibility index (Phi) is 6.28. The second-order valence-corrected chi connectivity index (χ2v) is 10.4.